The van der Waals surface area contributed by atoms with Crippen molar-refractivity contribution in [2.75, 3.05) is 23.9 Å². The van der Waals surface area contributed by atoms with Crippen molar-refractivity contribution >= 4 is 21.5 Å². The van der Waals surface area contributed by atoms with Crippen LogP contribution >= 0.6 is 0 Å². The summed E-state index contributed by atoms with van der Waals surface area (Å²) >= 11 is 0. The normalized spacial score (nSPS) is 12.0. The molecule has 0 aliphatic carbocycles. The first-order valence-electron chi connectivity index (χ1n) is 7.00. The Labute approximate surface area is 135 Å². The summed E-state index contributed by atoms with van der Waals surface area (Å²) < 4.78 is 27.8. The van der Waals surface area contributed by atoms with E-state index >= 15 is 0 Å². The molecule has 0 unspecified atom stereocenters. The SMILES string of the molecule is CS(=O)(=O)CCN=C(N)Nc1cccc(Oc2ccccc2)c1. The minimum Gasteiger partial charge on any atom is -0.457 e. The molecule has 0 radical (unpaired) electrons. The molecule has 0 fully saturated rings. The highest BCUT2D eigenvalue weighted by molar-refractivity contribution is 7.90. The molecule has 0 aliphatic rings. The van der Waals surface area contributed by atoms with E-state index in [9.17, 15) is 8.42 Å². The molecule has 0 atom stereocenters. The third-order valence-electron chi connectivity index (χ3n) is 2.83. The average molecular weight is 333 g/mol. The molecule has 7 heteroatoms. The van der Waals surface area contributed by atoms with Crippen molar-refractivity contribution in [3.63, 3.8) is 0 Å². The number of benzene rings is 2. The molecule has 3 N–H and O–H groups in total. The minimum absolute atomic E-state index is 0.0352. The predicted molar refractivity (Wildman–Crippen MR) is 92.8 cm³/mol. The molecule has 2 aromatic carbocycles. The lowest BCUT2D eigenvalue weighted by atomic mass is 10.3. The van der Waals surface area contributed by atoms with Crippen molar-refractivity contribution < 1.29 is 13.2 Å². The molecule has 0 heterocycles. The second-order valence-corrected chi connectivity index (χ2v) is 7.22. The fraction of sp³-hybridized carbons (Fsp3) is 0.188. The van der Waals surface area contributed by atoms with Crippen LogP contribution in [-0.2, 0) is 9.84 Å². The lowest BCUT2D eigenvalue weighted by Gasteiger charge is -2.09. The van der Waals surface area contributed by atoms with Gasteiger partial charge in [-0.3, -0.25) is 4.99 Å². The third-order valence-corrected chi connectivity index (χ3v) is 3.75. The second-order valence-electron chi connectivity index (χ2n) is 4.96. The molecule has 0 aliphatic heterocycles. The van der Waals surface area contributed by atoms with Crippen molar-refractivity contribution in [2.24, 2.45) is 10.7 Å². The summed E-state index contributed by atoms with van der Waals surface area (Å²) in [4.78, 5) is 3.98. The maximum Gasteiger partial charge on any atom is 0.193 e. The third kappa shape index (κ3) is 6.39. The van der Waals surface area contributed by atoms with Crippen LogP contribution in [0.5, 0.6) is 11.5 Å². The number of nitrogens with one attached hydrogen (secondary N) is 1. The number of ether oxygens (including phenoxy) is 1. The molecule has 0 bridgehead atoms. The predicted octanol–water partition coefficient (Wildman–Crippen LogP) is 2.25. The zero-order valence-electron chi connectivity index (χ0n) is 12.8. The van der Waals surface area contributed by atoms with Crippen LogP contribution in [0.25, 0.3) is 0 Å². The Morgan fingerprint density at radius 1 is 1.13 bits per heavy atom. The molecule has 0 spiro atoms. The number of hydrogen-bond acceptors (Lipinski definition) is 4. The maximum atomic E-state index is 11.0. The van der Waals surface area contributed by atoms with Gasteiger partial charge in [-0.2, -0.15) is 0 Å². The monoisotopic (exact) mass is 333 g/mol. The fourth-order valence-corrected chi connectivity index (χ4v) is 2.20. The van der Waals surface area contributed by atoms with Crippen LogP contribution in [0.2, 0.25) is 0 Å². The van der Waals surface area contributed by atoms with Gasteiger partial charge in [-0.05, 0) is 24.3 Å². The number of anilines is 1. The maximum absolute atomic E-state index is 11.0. The lowest BCUT2D eigenvalue weighted by Crippen LogP contribution is -2.23. The van der Waals surface area contributed by atoms with Gasteiger partial charge in [0.1, 0.15) is 21.3 Å². The van der Waals surface area contributed by atoms with Crippen molar-refractivity contribution in [2.45, 2.75) is 0 Å². The van der Waals surface area contributed by atoms with Crippen LogP contribution in [0.3, 0.4) is 0 Å². The summed E-state index contributed by atoms with van der Waals surface area (Å²) in [6.07, 6.45) is 1.16. The Kier molecular flexibility index (Phi) is 5.59. The van der Waals surface area contributed by atoms with Crippen molar-refractivity contribution in [1.29, 1.82) is 0 Å². The number of aliphatic imine (C=N–C) groups is 1. The van der Waals surface area contributed by atoms with E-state index in [1.165, 1.54) is 0 Å². The summed E-state index contributed by atoms with van der Waals surface area (Å²) in [6, 6.07) is 16.7. The molecule has 122 valence electrons. The van der Waals surface area contributed by atoms with Gasteiger partial charge in [0.25, 0.3) is 0 Å². The highest BCUT2D eigenvalue weighted by atomic mass is 32.2. The summed E-state index contributed by atoms with van der Waals surface area (Å²) in [5, 5.41) is 2.91. The van der Waals surface area contributed by atoms with E-state index in [0.717, 1.165) is 12.0 Å². The molecule has 2 rings (SSSR count). The van der Waals surface area contributed by atoms with Crippen LogP contribution in [0, 0.1) is 0 Å². The van der Waals surface area contributed by atoms with Gasteiger partial charge >= 0.3 is 0 Å². The fourth-order valence-electron chi connectivity index (χ4n) is 1.78. The lowest BCUT2D eigenvalue weighted by molar-refractivity contribution is 0.483. The summed E-state index contributed by atoms with van der Waals surface area (Å²) in [5.74, 6) is 1.52. The van der Waals surface area contributed by atoms with Gasteiger partial charge in [-0.15, -0.1) is 0 Å². The van der Waals surface area contributed by atoms with Crippen LogP contribution in [0.4, 0.5) is 5.69 Å². The number of hydrogen-bond donors (Lipinski definition) is 2. The van der Waals surface area contributed by atoms with E-state index in [0.29, 0.717) is 11.4 Å². The summed E-state index contributed by atoms with van der Waals surface area (Å²) in [6.45, 7) is 0.123. The Bertz CT molecular complexity index is 774. The molecular weight excluding hydrogens is 314 g/mol. The standard InChI is InChI=1S/C16H19N3O3S/c1-23(20,21)11-10-18-16(17)19-13-6-5-9-15(12-13)22-14-7-3-2-4-8-14/h2-9,12H,10-11H2,1H3,(H3,17,18,19). The number of nitrogens with zero attached hydrogens (tertiary/aromatic N) is 1. The van der Waals surface area contributed by atoms with Crippen molar-refractivity contribution in [1.82, 2.24) is 0 Å². The van der Waals surface area contributed by atoms with Gasteiger partial charge in [0, 0.05) is 18.0 Å². The quantitative estimate of drug-likeness (QED) is 0.624. The largest absolute Gasteiger partial charge is 0.457 e. The van der Waals surface area contributed by atoms with E-state index in [-0.39, 0.29) is 18.3 Å². The number of para-hydroxylation sites is 1. The van der Waals surface area contributed by atoms with Gasteiger partial charge in [-0.1, -0.05) is 24.3 Å². The Balaban J connectivity index is 1.98. The average Bonchev–Trinajstić information content (AvgIpc) is 2.47. The van der Waals surface area contributed by atoms with Crippen LogP contribution in [0.15, 0.2) is 59.6 Å². The van der Waals surface area contributed by atoms with E-state index < -0.39 is 9.84 Å². The zero-order chi connectivity index (χ0) is 16.7. The summed E-state index contributed by atoms with van der Waals surface area (Å²) in [5.41, 5.74) is 6.45. The van der Waals surface area contributed by atoms with Gasteiger partial charge in [0.15, 0.2) is 5.96 Å². The van der Waals surface area contributed by atoms with Gasteiger partial charge in [0.2, 0.25) is 0 Å². The highest BCUT2D eigenvalue weighted by Crippen LogP contribution is 2.23. The first kappa shape index (κ1) is 16.8. The van der Waals surface area contributed by atoms with E-state index in [4.69, 9.17) is 10.5 Å². The van der Waals surface area contributed by atoms with Crippen molar-refractivity contribution in [3.05, 3.63) is 54.6 Å². The Hall–Kier alpha value is -2.54. The highest BCUT2D eigenvalue weighted by Gasteiger charge is 2.02. The number of guanidine groups is 1. The molecule has 6 nitrogen and oxygen atoms in total. The van der Waals surface area contributed by atoms with Gasteiger partial charge < -0.3 is 15.8 Å². The molecular formula is C16H19N3O3S. The molecule has 0 amide bonds. The van der Waals surface area contributed by atoms with Gasteiger partial charge in [-0.25, -0.2) is 8.42 Å². The molecule has 0 aromatic heterocycles. The van der Waals surface area contributed by atoms with Crippen molar-refractivity contribution in [3.8, 4) is 11.5 Å². The number of sulfone groups is 1. The molecule has 2 aromatic rings. The number of rotatable bonds is 6. The molecule has 0 saturated heterocycles. The zero-order valence-corrected chi connectivity index (χ0v) is 13.6. The van der Waals surface area contributed by atoms with Gasteiger partial charge in [0.05, 0.1) is 12.3 Å². The molecule has 0 saturated carbocycles. The second kappa shape index (κ2) is 7.64. The number of nitrogens with two attached hydrogens (primary N) is 1. The Morgan fingerprint density at radius 2 is 1.83 bits per heavy atom. The van der Waals surface area contributed by atoms with E-state index in [1.807, 2.05) is 48.5 Å². The van der Waals surface area contributed by atoms with E-state index in [2.05, 4.69) is 10.3 Å². The van der Waals surface area contributed by atoms with Crippen LogP contribution in [-0.4, -0.2) is 32.9 Å². The summed E-state index contributed by atoms with van der Waals surface area (Å²) in [7, 11) is -3.04. The first-order valence-corrected chi connectivity index (χ1v) is 9.06. The Morgan fingerprint density at radius 3 is 2.52 bits per heavy atom. The minimum atomic E-state index is -3.04. The smallest absolute Gasteiger partial charge is 0.193 e. The molecule has 23 heavy (non-hydrogen) atoms. The first-order chi connectivity index (χ1) is 10.9. The van der Waals surface area contributed by atoms with Crippen LogP contribution in [0.1, 0.15) is 0 Å². The van der Waals surface area contributed by atoms with Crippen LogP contribution < -0.4 is 15.8 Å². The topological polar surface area (TPSA) is 93.8 Å². The van der Waals surface area contributed by atoms with E-state index in [1.54, 1.807) is 6.07 Å².